The minimum absolute atomic E-state index is 0.0598. The maximum absolute atomic E-state index is 15.3. The molecule has 7 atom stereocenters. The number of halogens is 3. The number of aliphatic hydroxyl groups is 3. The fourth-order valence-electron chi connectivity index (χ4n) is 10.9. The van der Waals surface area contributed by atoms with Crippen LogP contribution in [0.25, 0.3) is 0 Å². The van der Waals surface area contributed by atoms with Crippen LogP contribution in [0, 0.1) is 23.2 Å². The SMILES string of the molecule is CC1CC(c2cc(NCCC#N)nc(N3Cc4c(cc(C[N+]5(Cc6ccc(O[C@@H]7O[C@H](C(=O)O)[C@@H](O)[C@H](O)[C@H]7O)c(C(=O)NCCN)c6)CCC[C@H](C)C5)cc4C(F)(F)F)C3=O)c2)(c2nncn2C)C1. The number of carbonyl (C=O) groups excluding carboxylic acids is 2. The van der Waals surface area contributed by atoms with Gasteiger partial charge in [-0.1, -0.05) is 13.8 Å². The van der Waals surface area contributed by atoms with E-state index in [4.69, 9.17) is 20.2 Å². The second kappa shape index (κ2) is 19.9. The van der Waals surface area contributed by atoms with Crippen LogP contribution in [0.4, 0.5) is 24.8 Å². The number of aliphatic carboxylic acids is 1. The largest absolute Gasteiger partial charge is 0.479 e. The third kappa shape index (κ3) is 9.91. The highest BCUT2D eigenvalue weighted by molar-refractivity contribution is 6.10. The average Bonchev–Trinajstić information content (AvgIpc) is 3.88. The summed E-state index contributed by atoms with van der Waals surface area (Å²) in [7, 11) is 1.84. The van der Waals surface area contributed by atoms with Crippen LogP contribution in [-0.4, -0.2) is 126 Å². The Labute approximate surface area is 401 Å². The van der Waals surface area contributed by atoms with Gasteiger partial charge >= 0.3 is 12.1 Å². The Kier molecular flexibility index (Phi) is 14.3. The molecule has 19 nitrogen and oxygen atoms in total. The van der Waals surface area contributed by atoms with E-state index in [2.05, 4.69) is 40.7 Å². The number of anilines is 2. The first-order valence-corrected chi connectivity index (χ1v) is 23.3. The van der Waals surface area contributed by atoms with Crippen LogP contribution in [0.2, 0.25) is 0 Å². The van der Waals surface area contributed by atoms with Crippen molar-refractivity contribution in [3.8, 4) is 11.8 Å². The van der Waals surface area contributed by atoms with Gasteiger partial charge in [-0.05, 0) is 85.2 Å². The number of pyridine rings is 1. The highest BCUT2D eigenvalue weighted by Gasteiger charge is 2.50. The standard InChI is InChI=1S/C48H57F3N10O9/c1-26-6-4-13-61(22-26,23-28-7-8-35(32(14-28)42(65)55-12-10-53)69-45-40(64)38(62)39(63)41(70-45)44(67)68)24-29-15-31-33(34(16-29)48(49,50)51)21-60(43(31)66)37-18-30(17-36(57-37)54-11-5-9-52)47(19-27(2)20-47)46-58-56-25-59(46)3/h7-8,14-18,25-27,38-41,45,62-64H,4-6,10-13,19-24,53H2,1-3H3,(H2-,54,55,57,65,67,68)/p+1/t26-,27?,38-,39-,40+,41-,45+,47?,61?/m0/s1. The molecule has 3 fully saturated rings. The fourth-order valence-corrected chi connectivity index (χ4v) is 10.9. The second-order valence-electron chi connectivity index (χ2n) is 19.4. The van der Waals surface area contributed by atoms with E-state index in [1.165, 1.54) is 17.0 Å². The Morgan fingerprint density at radius 3 is 2.46 bits per heavy atom. The summed E-state index contributed by atoms with van der Waals surface area (Å²) in [6.45, 7) is 5.63. The molecule has 0 bridgehead atoms. The molecule has 2 aromatic carbocycles. The molecule has 1 unspecified atom stereocenters. The van der Waals surface area contributed by atoms with E-state index in [1.807, 2.05) is 17.7 Å². The van der Waals surface area contributed by atoms with Gasteiger partial charge in [0.15, 0.2) is 6.10 Å². The van der Waals surface area contributed by atoms with Gasteiger partial charge in [-0.2, -0.15) is 18.4 Å². The molecule has 70 heavy (non-hydrogen) atoms. The molecule has 0 radical (unpaired) electrons. The van der Waals surface area contributed by atoms with E-state index < -0.39 is 65.6 Å². The Morgan fingerprint density at radius 2 is 1.80 bits per heavy atom. The number of hydrogen-bond acceptors (Lipinski definition) is 14. The number of rotatable bonds is 16. The van der Waals surface area contributed by atoms with Crippen LogP contribution in [0.3, 0.4) is 0 Å². The molecule has 2 aromatic heterocycles. The van der Waals surface area contributed by atoms with E-state index in [9.17, 15) is 40.1 Å². The summed E-state index contributed by atoms with van der Waals surface area (Å²) < 4.78 is 59.2. The zero-order valence-corrected chi connectivity index (χ0v) is 39.0. The number of aromatic nitrogens is 4. The van der Waals surface area contributed by atoms with E-state index in [0.717, 1.165) is 24.5 Å². The molecule has 2 saturated heterocycles. The summed E-state index contributed by atoms with van der Waals surface area (Å²) in [6.07, 6.45) is -9.63. The lowest BCUT2D eigenvalue weighted by molar-refractivity contribution is -0.960. The highest BCUT2D eigenvalue weighted by Crippen LogP contribution is 2.52. The predicted molar refractivity (Wildman–Crippen MR) is 244 cm³/mol. The van der Waals surface area contributed by atoms with Gasteiger partial charge in [-0.15, -0.1) is 10.2 Å². The van der Waals surface area contributed by atoms with Crippen molar-refractivity contribution in [2.24, 2.45) is 24.6 Å². The number of carboxylic acid groups (broad SMARTS) is 1. The average molecular weight is 976 g/mol. The van der Waals surface area contributed by atoms with Gasteiger partial charge in [0.1, 0.15) is 60.9 Å². The van der Waals surface area contributed by atoms with E-state index in [-0.39, 0.29) is 84.3 Å². The van der Waals surface area contributed by atoms with E-state index in [0.29, 0.717) is 54.6 Å². The molecule has 22 heteroatoms. The Morgan fingerprint density at radius 1 is 1.04 bits per heavy atom. The summed E-state index contributed by atoms with van der Waals surface area (Å²) in [4.78, 5) is 46.1. The molecule has 0 spiro atoms. The van der Waals surface area contributed by atoms with Crippen molar-refractivity contribution >= 4 is 29.4 Å². The van der Waals surface area contributed by atoms with Crippen molar-refractivity contribution in [2.75, 3.05) is 42.9 Å². The number of amides is 2. The summed E-state index contributed by atoms with van der Waals surface area (Å²) in [6, 6.07) is 12.9. The lowest BCUT2D eigenvalue weighted by Gasteiger charge is -2.46. The monoisotopic (exact) mass is 975 g/mol. The van der Waals surface area contributed by atoms with Crippen LogP contribution < -0.4 is 26.0 Å². The molecule has 3 aliphatic heterocycles. The zero-order valence-electron chi connectivity index (χ0n) is 39.0. The molecule has 1 aliphatic carbocycles. The molecule has 4 aliphatic rings. The van der Waals surface area contributed by atoms with E-state index >= 15 is 13.2 Å². The number of likely N-dealkylation sites (tertiary alicyclic amines) is 1. The topological polar surface area (TPSA) is 271 Å². The number of carbonyl (C=O) groups is 3. The van der Waals surface area contributed by atoms with Crippen molar-refractivity contribution in [1.29, 1.82) is 5.26 Å². The van der Waals surface area contributed by atoms with Crippen molar-refractivity contribution in [2.45, 2.75) is 108 Å². The Hall–Kier alpha value is -6.22. The summed E-state index contributed by atoms with van der Waals surface area (Å²) in [5.41, 5.74) is 5.46. The molecule has 5 heterocycles. The number of quaternary nitrogens is 1. The molecular weight excluding hydrogens is 918 g/mol. The van der Waals surface area contributed by atoms with Gasteiger partial charge in [0.05, 0.1) is 48.7 Å². The number of fused-ring (bicyclic) bond motifs is 1. The first kappa shape index (κ1) is 50.2. The molecule has 1 saturated carbocycles. The second-order valence-corrected chi connectivity index (χ2v) is 19.4. The number of carboxylic acids is 1. The number of aryl methyl sites for hydroxylation is 1. The number of nitrogens with one attached hydrogen (secondary N) is 2. The number of nitrogens with two attached hydrogens (primary N) is 1. The van der Waals surface area contributed by atoms with Gasteiger partial charge < -0.3 is 55.3 Å². The summed E-state index contributed by atoms with van der Waals surface area (Å²) >= 11 is 0. The first-order valence-electron chi connectivity index (χ1n) is 23.3. The Bertz CT molecular complexity index is 2670. The van der Waals surface area contributed by atoms with Crippen molar-refractivity contribution < 1.29 is 61.9 Å². The molecule has 374 valence electrons. The number of hydrogen-bond donors (Lipinski definition) is 7. The van der Waals surface area contributed by atoms with Gasteiger partial charge in [0.25, 0.3) is 11.8 Å². The third-order valence-corrected chi connectivity index (χ3v) is 14.0. The quantitative estimate of drug-likeness (QED) is 0.0627. The lowest BCUT2D eigenvalue weighted by atomic mass is 9.58. The third-order valence-electron chi connectivity index (χ3n) is 14.0. The van der Waals surface area contributed by atoms with Crippen molar-refractivity contribution in [1.82, 2.24) is 25.1 Å². The van der Waals surface area contributed by atoms with Gasteiger partial charge in [0.2, 0.25) is 6.29 Å². The maximum atomic E-state index is 15.3. The van der Waals surface area contributed by atoms with Crippen LogP contribution >= 0.6 is 0 Å². The Balaban J connectivity index is 1.13. The molecular formula is C48H58F3N10O9+. The number of piperidine rings is 1. The minimum atomic E-state index is -4.83. The first-order chi connectivity index (χ1) is 33.3. The number of alkyl halides is 3. The zero-order chi connectivity index (χ0) is 50.3. The normalized spacial score (nSPS) is 27.6. The summed E-state index contributed by atoms with van der Waals surface area (Å²) in [5, 5.41) is 64.5. The van der Waals surface area contributed by atoms with E-state index in [1.54, 1.807) is 24.5 Å². The predicted octanol–water partition coefficient (Wildman–Crippen LogP) is 3.34. The number of nitriles is 1. The van der Waals surface area contributed by atoms with Crippen molar-refractivity contribution in [3.63, 3.8) is 0 Å². The molecule has 8 N–H and O–H groups in total. The molecule has 2 amide bonds. The number of aliphatic hydroxyl groups excluding tert-OH is 3. The van der Waals surface area contributed by atoms with Crippen LogP contribution in [0.1, 0.15) is 100 Å². The minimum Gasteiger partial charge on any atom is -0.479 e. The number of nitrogens with zero attached hydrogens (tertiary/aromatic N) is 7. The van der Waals surface area contributed by atoms with Crippen LogP contribution in [-0.2, 0) is 47.8 Å². The highest BCUT2D eigenvalue weighted by atomic mass is 19.4. The van der Waals surface area contributed by atoms with Gasteiger partial charge in [0, 0.05) is 49.3 Å². The maximum Gasteiger partial charge on any atom is 0.416 e. The van der Waals surface area contributed by atoms with Crippen molar-refractivity contribution in [3.05, 3.63) is 93.6 Å². The fraction of sp³-hybridized carbons (Fsp3) is 0.521. The summed E-state index contributed by atoms with van der Waals surface area (Å²) in [5.74, 6) is -1.35. The van der Waals surface area contributed by atoms with Gasteiger partial charge in [-0.25, -0.2) is 9.78 Å². The van der Waals surface area contributed by atoms with Crippen LogP contribution in [0.5, 0.6) is 5.75 Å². The molecule has 8 rings (SSSR count). The number of ether oxygens (including phenoxy) is 2. The van der Waals surface area contributed by atoms with Crippen LogP contribution in [0.15, 0.2) is 48.8 Å². The lowest BCUT2D eigenvalue weighted by Crippen LogP contribution is -2.61. The molecule has 4 aromatic rings. The smallest absolute Gasteiger partial charge is 0.416 e. The van der Waals surface area contributed by atoms with Gasteiger partial charge in [-0.3, -0.25) is 14.5 Å². The number of benzene rings is 2.